The maximum Gasteiger partial charge on any atom is 0.249 e. The Morgan fingerprint density at radius 2 is 2.10 bits per heavy atom. The first-order valence-electron chi connectivity index (χ1n) is 7.64. The molecule has 5 heteroatoms. The Morgan fingerprint density at radius 3 is 2.60 bits per heavy atom. The Labute approximate surface area is 120 Å². The van der Waals surface area contributed by atoms with Crippen LogP contribution < -0.4 is 5.32 Å². The van der Waals surface area contributed by atoms with Crippen molar-refractivity contribution in [2.75, 3.05) is 13.2 Å². The summed E-state index contributed by atoms with van der Waals surface area (Å²) < 4.78 is 12.5. The van der Waals surface area contributed by atoms with Crippen molar-refractivity contribution in [3.05, 3.63) is 0 Å². The van der Waals surface area contributed by atoms with Crippen LogP contribution in [0.5, 0.6) is 0 Å². The number of halogens is 1. The average Bonchev–Trinajstić information content (AvgIpc) is 3.25. The summed E-state index contributed by atoms with van der Waals surface area (Å²) in [6.07, 6.45) is 3.07. The summed E-state index contributed by atoms with van der Waals surface area (Å²) in [6.45, 7) is 5.67. The van der Waals surface area contributed by atoms with Gasteiger partial charge in [0.2, 0.25) is 11.8 Å². The van der Waals surface area contributed by atoms with E-state index in [2.05, 4.69) is 5.32 Å². The lowest BCUT2D eigenvalue weighted by atomic mass is 9.85. The fraction of sp³-hybridized carbons (Fsp3) is 0.867. The lowest BCUT2D eigenvalue weighted by Crippen LogP contribution is -2.71. The number of piperazine rings is 1. The Balaban J connectivity index is 2.25. The van der Waals surface area contributed by atoms with Crippen LogP contribution in [0.3, 0.4) is 0 Å². The number of hydrogen-bond acceptors (Lipinski definition) is 2. The highest BCUT2D eigenvalue weighted by molar-refractivity contribution is 6.00. The van der Waals surface area contributed by atoms with E-state index in [1.54, 1.807) is 4.90 Å². The van der Waals surface area contributed by atoms with E-state index >= 15 is 0 Å². The summed E-state index contributed by atoms with van der Waals surface area (Å²) in [6, 6.07) is -0.453. The lowest BCUT2D eigenvalue weighted by molar-refractivity contribution is -0.157. The van der Waals surface area contributed by atoms with E-state index in [4.69, 9.17) is 0 Å². The molecule has 2 amide bonds. The monoisotopic (exact) mass is 284 g/mol. The van der Waals surface area contributed by atoms with Crippen molar-refractivity contribution in [1.82, 2.24) is 10.2 Å². The second kappa shape index (κ2) is 5.70. The lowest BCUT2D eigenvalue weighted by Gasteiger charge is -2.46. The van der Waals surface area contributed by atoms with Crippen LogP contribution >= 0.6 is 0 Å². The number of carbonyl (C=O) groups excluding carboxylic acids is 2. The van der Waals surface area contributed by atoms with Crippen LogP contribution in [0.4, 0.5) is 4.39 Å². The molecular weight excluding hydrogens is 259 g/mol. The van der Waals surface area contributed by atoms with E-state index in [-0.39, 0.29) is 23.7 Å². The van der Waals surface area contributed by atoms with Crippen molar-refractivity contribution in [2.45, 2.75) is 58.0 Å². The first-order chi connectivity index (χ1) is 9.45. The number of carbonyl (C=O) groups is 2. The molecule has 0 aromatic heterocycles. The van der Waals surface area contributed by atoms with Gasteiger partial charge in [-0.05, 0) is 38.0 Å². The molecule has 1 heterocycles. The molecule has 0 aromatic carbocycles. The Hall–Kier alpha value is -1.13. The van der Waals surface area contributed by atoms with E-state index in [0.29, 0.717) is 13.0 Å². The molecule has 1 N–H and O–H groups in total. The van der Waals surface area contributed by atoms with Gasteiger partial charge in [-0.25, -0.2) is 0 Å². The summed E-state index contributed by atoms with van der Waals surface area (Å²) in [7, 11) is 0. The molecule has 1 saturated carbocycles. The van der Waals surface area contributed by atoms with Crippen molar-refractivity contribution in [1.29, 1.82) is 0 Å². The topological polar surface area (TPSA) is 49.4 Å². The van der Waals surface area contributed by atoms with E-state index in [1.165, 1.54) is 0 Å². The van der Waals surface area contributed by atoms with Crippen molar-refractivity contribution < 1.29 is 14.0 Å². The Bertz CT molecular complexity index is 397. The van der Waals surface area contributed by atoms with Crippen LogP contribution in [0.15, 0.2) is 0 Å². The third-order valence-electron chi connectivity index (χ3n) is 4.80. The van der Waals surface area contributed by atoms with E-state index in [0.717, 1.165) is 19.3 Å². The number of amides is 2. The fourth-order valence-electron chi connectivity index (χ4n) is 3.15. The first kappa shape index (κ1) is 15.3. The zero-order valence-corrected chi connectivity index (χ0v) is 12.6. The van der Waals surface area contributed by atoms with Gasteiger partial charge in [0.05, 0.1) is 6.67 Å². The van der Waals surface area contributed by atoms with Crippen molar-refractivity contribution >= 4 is 11.8 Å². The van der Waals surface area contributed by atoms with Crippen molar-refractivity contribution in [2.24, 2.45) is 11.8 Å². The zero-order valence-electron chi connectivity index (χ0n) is 12.6. The molecule has 4 nitrogen and oxygen atoms in total. The quantitative estimate of drug-likeness (QED) is 0.809. The van der Waals surface area contributed by atoms with Gasteiger partial charge in [0.1, 0.15) is 11.6 Å². The maximum absolute atomic E-state index is 12.8. The molecule has 2 rings (SSSR count). The summed E-state index contributed by atoms with van der Waals surface area (Å²) in [4.78, 5) is 26.9. The number of alkyl halides is 1. The van der Waals surface area contributed by atoms with E-state index in [1.807, 2.05) is 20.8 Å². The fourth-order valence-corrected chi connectivity index (χ4v) is 3.15. The summed E-state index contributed by atoms with van der Waals surface area (Å²) in [5, 5.41) is 2.95. The van der Waals surface area contributed by atoms with Gasteiger partial charge < -0.3 is 10.2 Å². The van der Waals surface area contributed by atoms with Crippen LogP contribution in [-0.4, -0.2) is 41.5 Å². The third kappa shape index (κ3) is 2.54. The smallest absolute Gasteiger partial charge is 0.249 e. The van der Waals surface area contributed by atoms with Gasteiger partial charge in [-0.3, -0.25) is 14.0 Å². The second-order valence-corrected chi connectivity index (χ2v) is 6.34. The number of rotatable bonds is 6. The highest BCUT2D eigenvalue weighted by Crippen LogP contribution is 2.42. The minimum absolute atomic E-state index is 0.0293. The Kier molecular flexibility index (Phi) is 4.35. The summed E-state index contributed by atoms with van der Waals surface area (Å²) in [5.74, 6) is 0.220. The number of hydrogen-bond donors (Lipinski definition) is 1. The second-order valence-electron chi connectivity index (χ2n) is 6.34. The van der Waals surface area contributed by atoms with Gasteiger partial charge in [-0.15, -0.1) is 0 Å². The highest BCUT2D eigenvalue weighted by Gasteiger charge is 2.55. The molecule has 0 spiro atoms. The zero-order chi connectivity index (χ0) is 14.9. The van der Waals surface area contributed by atoms with Gasteiger partial charge in [-0.2, -0.15) is 0 Å². The molecule has 1 aliphatic heterocycles. The molecule has 2 fully saturated rings. The minimum atomic E-state index is -0.780. The number of nitrogens with zero attached hydrogens (tertiary/aromatic N) is 1. The molecule has 114 valence electrons. The summed E-state index contributed by atoms with van der Waals surface area (Å²) in [5.41, 5.74) is -0.780. The predicted octanol–water partition coefficient (Wildman–Crippen LogP) is 1.89. The van der Waals surface area contributed by atoms with E-state index in [9.17, 15) is 14.0 Å². The third-order valence-corrected chi connectivity index (χ3v) is 4.80. The van der Waals surface area contributed by atoms with Gasteiger partial charge >= 0.3 is 0 Å². The molecule has 0 radical (unpaired) electrons. The van der Waals surface area contributed by atoms with Crippen molar-refractivity contribution in [3.63, 3.8) is 0 Å². The van der Waals surface area contributed by atoms with Crippen molar-refractivity contribution in [3.8, 4) is 0 Å². The molecule has 2 aliphatic rings. The molecule has 3 unspecified atom stereocenters. The van der Waals surface area contributed by atoms with Gasteiger partial charge in [0.15, 0.2) is 0 Å². The molecular formula is C15H25FN2O2. The van der Waals surface area contributed by atoms with Crippen LogP contribution in [0.25, 0.3) is 0 Å². The number of nitrogens with one attached hydrogen (secondary N) is 1. The van der Waals surface area contributed by atoms with Crippen LogP contribution in [0.2, 0.25) is 0 Å². The van der Waals surface area contributed by atoms with Crippen LogP contribution in [0.1, 0.15) is 46.5 Å². The van der Waals surface area contributed by atoms with Gasteiger partial charge in [0.25, 0.3) is 0 Å². The molecule has 3 atom stereocenters. The largest absolute Gasteiger partial charge is 0.340 e. The maximum atomic E-state index is 12.8. The van der Waals surface area contributed by atoms with Crippen LogP contribution in [0, 0.1) is 11.8 Å². The Morgan fingerprint density at radius 1 is 1.45 bits per heavy atom. The summed E-state index contributed by atoms with van der Waals surface area (Å²) >= 11 is 0. The van der Waals surface area contributed by atoms with Gasteiger partial charge in [0, 0.05) is 6.54 Å². The average molecular weight is 284 g/mol. The predicted molar refractivity (Wildman–Crippen MR) is 74.8 cm³/mol. The molecule has 1 aliphatic carbocycles. The van der Waals surface area contributed by atoms with Crippen LogP contribution in [-0.2, 0) is 9.59 Å². The standard InChI is InChI=1S/C15H25FN2O2/c1-4-10(2)12-13(19)17-15(3,11-6-7-11)14(20)18(12)9-5-8-16/h10-12H,4-9H2,1-3H3,(H,17,19). The SMILES string of the molecule is CCC(C)C1C(=O)NC(C)(C2CC2)C(=O)N1CCCF. The molecule has 0 aromatic rings. The highest BCUT2D eigenvalue weighted by atomic mass is 19.1. The van der Waals surface area contributed by atoms with E-state index < -0.39 is 18.3 Å². The molecule has 0 bridgehead atoms. The normalized spacial score (nSPS) is 32.2. The molecule has 1 saturated heterocycles. The minimum Gasteiger partial charge on any atom is -0.340 e. The van der Waals surface area contributed by atoms with Gasteiger partial charge in [-0.1, -0.05) is 20.3 Å². The first-order valence-corrected chi connectivity index (χ1v) is 7.64. The molecule has 20 heavy (non-hydrogen) atoms.